The van der Waals surface area contributed by atoms with Gasteiger partial charge in [-0.15, -0.1) is 5.10 Å². The van der Waals surface area contributed by atoms with Gasteiger partial charge in [-0.1, -0.05) is 37.6 Å². The molecule has 3 aromatic rings. The number of nitrogens with one attached hydrogen (secondary N) is 1. The van der Waals surface area contributed by atoms with E-state index in [0.717, 1.165) is 24.1 Å². The van der Waals surface area contributed by atoms with Gasteiger partial charge in [-0.25, -0.2) is 4.79 Å². The third kappa shape index (κ3) is 3.76. The van der Waals surface area contributed by atoms with Gasteiger partial charge in [0.15, 0.2) is 11.5 Å². The minimum atomic E-state index is -0.524. The average Bonchev–Trinajstić information content (AvgIpc) is 3.20. The molecule has 2 heterocycles. The number of carbonyl (C=O) groups excluding carboxylic acids is 1. The standard InChI is InChI=1S/C24H22N4O4/c1-3-7-17-21-20(16(13-25)22(26)32-23(21)28-27-17)15-10-11-18(30-2)19(12-15)31-24(29)14-8-5-4-6-9-14/h4-6,8-12,20H,3,7,26H2,1-2H3,(H,27,28). The lowest BCUT2D eigenvalue weighted by atomic mass is 9.83. The van der Waals surface area contributed by atoms with Crippen LogP contribution in [0.4, 0.5) is 0 Å². The minimum Gasteiger partial charge on any atom is -0.493 e. The maximum absolute atomic E-state index is 12.6. The van der Waals surface area contributed by atoms with Gasteiger partial charge in [0.1, 0.15) is 11.6 Å². The molecule has 0 aliphatic carbocycles. The highest BCUT2D eigenvalue weighted by molar-refractivity contribution is 5.91. The second-order valence-corrected chi connectivity index (χ2v) is 7.26. The number of nitrogens with zero attached hydrogens (tertiary/aromatic N) is 2. The zero-order chi connectivity index (χ0) is 22.7. The van der Waals surface area contributed by atoms with Crippen LogP contribution in [-0.4, -0.2) is 23.3 Å². The van der Waals surface area contributed by atoms with Crippen molar-refractivity contribution < 1.29 is 19.0 Å². The van der Waals surface area contributed by atoms with E-state index in [1.54, 1.807) is 36.4 Å². The number of nitriles is 1. The number of hydrogen-bond donors (Lipinski definition) is 2. The molecule has 2 aromatic carbocycles. The number of benzene rings is 2. The van der Waals surface area contributed by atoms with Crippen LogP contribution < -0.4 is 19.9 Å². The maximum Gasteiger partial charge on any atom is 0.343 e. The van der Waals surface area contributed by atoms with E-state index in [1.807, 2.05) is 12.1 Å². The maximum atomic E-state index is 12.6. The Labute approximate surface area is 185 Å². The summed E-state index contributed by atoms with van der Waals surface area (Å²) in [5, 5.41) is 17.1. The van der Waals surface area contributed by atoms with Gasteiger partial charge in [0.05, 0.1) is 18.6 Å². The normalized spacial score (nSPS) is 14.8. The van der Waals surface area contributed by atoms with Gasteiger partial charge >= 0.3 is 5.97 Å². The Hall–Kier alpha value is -4.25. The average molecular weight is 430 g/mol. The molecule has 0 fully saturated rings. The number of aryl methyl sites for hydroxylation is 1. The molecular weight excluding hydrogens is 408 g/mol. The molecule has 8 nitrogen and oxygen atoms in total. The van der Waals surface area contributed by atoms with Crippen LogP contribution >= 0.6 is 0 Å². The fourth-order valence-corrected chi connectivity index (χ4v) is 3.77. The lowest BCUT2D eigenvalue weighted by molar-refractivity contribution is 0.0729. The zero-order valence-electron chi connectivity index (χ0n) is 17.7. The molecule has 0 radical (unpaired) electrons. The Morgan fingerprint density at radius 2 is 2.03 bits per heavy atom. The van der Waals surface area contributed by atoms with Crippen molar-refractivity contribution >= 4 is 5.97 Å². The Bertz CT molecular complexity index is 1220. The summed E-state index contributed by atoms with van der Waals surface area (Å²) in [6, 6.07) is 16.0. The summed E-state index contributed by atoms with van der Waals surface area (Å²) < 4.78 is 16.6. The molecule has 1 aliphatic rings. The largest absolute Gasteiger partial charge is 0.493 e. The summed E-state index contributed by atoms with van der Waals surface area (Å²) in [6.45, 7) is 2.05. The van der Waals surface area contributed by atoms with Gasteiger partial charge in [-0.3, -0.25) is 5.10 Å². The van der Waals surface area contributed by atoms with Crippen molar-refractivity contribution in [2.45, 2.75) is 25.7 Å². The van der Waals surface area contributed by atoms with Crippen molar-refractivity contribution in [3.05, 3.63) is 82.4 Å². The van der Waals surface area contributed by atoms with E-state index in [2.05, 4.69) is 23.2 Å². The van der Waals surface area contributed by atoms with Gasteiger partial charge in [0.2, 0.25) is 11.8 Å². The van der Waals surface area contributed by atoms with Crippen LogP contribution in [-0.2, 0) is 6.42 Å². The summed E-state index contributed by atoms with van der Waals surface area (Å²) in [4.78, 5) is 12.6. The van der Waals surface area contributed by atoms with Crippen LogP contribution in [0.1, 0.15) is 46.4 Å². The lowest BCUT2D eigenvalue weighted by Crippen LogP contribution is -2.21. The Morgan fingerprint density at radius 1 is 1.25 bits per heavy atom. The number of rotatable bonds is 6. The van der Waals surface area contributed by atoms with Gasteiger partial charge in [-0.05, 0) is 36.2 Å². The van der Waals surface area contributed by atoms with Crippen LogP contribution in [0, 0.1) is 11.3 Å². The van der Waals surface area contributed by atoms with Gasteiger partial charge < -0.3 is 19.9 Å². The molecule has 1 atom stereocenters. The van der Waals surface area contributed by atoms with Crippen molar-refractivity contribution in [3.8, 4) is 23.4 Å². The highest BCUT2D eigenvalue weighted by Gasteiger charge is 2.35. The van der Waals surface area contributed by atoms with Crippen molar-refractivity contribution in [1.82, 2.24) is 10.2 Å². The monoisotopic (exact) mass is 430 g/mol. The van der Waals surface area contributed by atoms with Gasteiger partial charge in [0, 0.05) is 11.3 Å². The van der Waals surface area contributed by atoms with E-state index in [0.29, 0.717) is 22.8 Å². The number of esters is 1. The summed E-state index contributed by atoms with van der Waals surface area (Å²) in [6.07, 6.45) is 1.61. The summed E-state index contributed by atoms with van der Waals surface area (Å²) >= 11 is 0. The molecule has 1 aromatic heterocycles. The topological polar surface area (TPSA) is 123 Å². The molecule has 32 heavy (non-hydrogen) atoms. The first kappa shape index (κ1) is 21.0. The number of fused-ring (bicyclic) bond motifs is 1. The molecule has 1 unspecified atom stereocenters. The van der Waals surface area contributed by atoms with E-state index < -0.39 is 11.9 Å². The fourth-order valence-electron chi connectivity index (χ4n) is 3.77. The van der Waals surface area contributed by atoms with Crippen LogP contribution in [0.15, 0.2) is 60.0 Å². The number of H-pyrrole nitrogens is 1. The smallest absolute Gasteiger partial charge is 0.343 e. The molecular formula is C24H22N4O4. The molecule has 0 saturated heterocycles. The molecule has 4 rings (SSSR count). The lowest BCUT2D eigenvalue weighted by Gasteiger charge is -2.24. The molecule has 0 saturated carbocycles. The Morgan fingerprint density at radius 3 is 2.72 bits per heavy atom. The molecule has 0 spiro atoms. The molecule has 0 amide bonds. The summed E-state index contributed by atoms with van der Waals surface area (Å²) in [5.41, 5.74) is 9.03. The van der Waals surface area contributed by atoms with Crippen molar-refractivity contribution in [2.24, 2.45) is 5.73 Å². The molecule has 0 bridgehead atoms. The first-order valence-corrected chi connectivity index (χ1v) is 10.2. The van der Waals surface area contributed by atoms with Gasteiger partial charge in [0.25, 0.3) is 0 Å². The van der Waals surface area contributed by atoms with Crippen molar-refractivity contribution in [1.29, 1.82) is 5.26 Å². The van der Waals surface area contributed by atoms with E-state index in [4.69, 9.17) is 19.9 Å². The highest BCUT2D eigenvalue weighted by Crippen LogP contribution is 2.45. The van der Waals surface area contributed by atoms with Crippen molar-refractivity contribution in [3.63, 3.8) is 0 Å². The van der Waals surface area contributed by atoms with Crippen LogP contribution in [0.3, 0.4) is 0 Å². The summed E-state index contributed by atoms with van der Waals surface area (Å²) in [5.74, 6) is -0.0692. The number of nitrogens with two attached hydrogens (primary N) is 1. The highest BCUT2D eigenvalue weighted by atomic mass is 16.6. The van der Waals surface area contributed by atoms with E-state index >= 15 is 0 Å². The predicted molar refractivity (Wildman–Crippen MR) is 116 cm³/mol. The third-order valence-electron chi connectivity index (χ3n) is 5.25. The number of aromatic amines is 1. The molecule has 1 aliphatic heterocycles. The fraction of sp³-hybridized carbons (Fsp3) is 0.208. The first-order chi connectivity index (χ1) is 15.6. The van der Waals surface area contributed by atoms with E-state index in [1.165, 1.54) is 7.11 Å². The van der Waals surface area contributed by atoms with Gasteiger partial charge in [-0.2, -0.15) is 5.26 Å². The van der Waals surface area contributed by atoms with E-state index in [-0.39, 0.29) is 17.2 Å². The number of allylic oxidation sites excluding steroid dienone is 1. The van der Waals surface area contributed by atoms with Crippen molar-refractivity contribution in [2.75, 3.05) is 7.11 Å². The number of methoxy groups -OCH3 is 1. The molecule has 3 N–H and O–H groups in total. The van der Waals surface area contributed by atoms with Crippen LogP contribution in [0.5, 0.6) is 17.4 Å². The number of aromatic nitrogens is 2. The predicted octanol–water partition coefficient (Wildman–Crippen LogP) is 3.81. The number of hydrogen-bond acceptors (Lipinski definition) is 7. The summed E-state index contributed by atoms with van der Waals surface area (Å²) in [7, 11) is 1.50. The Balaban J connectivity index is 1.80. The van der Waals surface area contributed by atoms with Crippen LogP contribution in [0.2, 0.25) is 0 Å². The second-order valence-electron chi connectivity index (χ2n) is 7.26. The molecule has 8 heteroatoms. The van der Waals surface area contributed by atoms with Crippen LogP contribution in [0.25, 0.3) is 0 Å². The first-order valence-electron chi connectivity index (χ1n) is 10.2. The third-order valence-corrected chi connectivity index (χ3v) is 5.25. The Kier molecular flexibility index (Phi) is 5.81. The minimum absolute atomic E-state index is 0.00167. The SMILES string of the molecule is CCCc1[nH]nc2c1C(c1ccc(OC)c(OC(=O)c3ccccc3)c1)C(C#N)=C(N)O2. The molecule has 162 valence electrons. The quantitative estimate of drug-likeness (QED) is 0.450. The van der Waals surface area contributed by atoms with E-state index in [9.17, 15) is 10.1 Å². The zero-order valence-corrected chi connectivity index (χ0v) is 17.7. The second kappa shape index (κ2) is 8.86. The number of ether oxygens (including phenoxy) is 3. The number of carbonyl (C=O) groups is 1.